The average molecular weight is 651 g/mol. The molecule has 51 heavy (non-hydrogen) atoms. The summed E-state index contributed by atoms with van der Waals surface area (Å²) in [6.45, 7) is 0. The van der Waals surface area contributed by atoms with Gasteiger partial charge in [-0.05, 0) is 65.2 Å². The zero-order valence-electron chi connectivity index (χ0n) is 27.6. The van der Waals surface area contributed by atoms with E-state index in [4.69, 9.17) is 4.42 Å². The number of fused-ring (bicyclic) bond motifs is 10. The molecule has 0 amide bonds. The van der Waals surface area contributed by atoms with Gasteiger partial charge in [0.1, 0.15) is 11.2 Å². The molecule has 3 aromatic heterocycles. The van der Waals surface area contributed by atoms with E-state index >= 15 is 0 Å². The van der Waals surface area contributed by atoms with Crippen LogP contribution in [0.15, 0.2) is 186 Å². The highest BCUT2D eigenvalue weighted by molar-refractivity contribution is 6.25. The van der Waals surface area contributed by atoms with Gasteiger partial charge in [0, 0.05) is 32.5 Å². The van der Waals surface area contributed by atoms with Crippen LogP contribution in [0.5, 0.6) is 0 Å². The molecule has 8 aromatic carbocycles. The number of nitrogens with zero attached hydrogens (tertiary/aromatic N) is 2. The van der Waals surface area contributed by atoms with Gasteiger partial charge in [-0.3, -0.25) is 0 Å². The zero-order valence-corrected chi connectivity index (χ0v) is 27.6. The second-order valence-corrected chi connectivity index (χ2v) is 13.3. The second kappa shape index (κ2) is 10.8. The van der Waals surface area contributed by atoms with Crippen LogP contribution in [-0.2, 0) is 0 Å². The van der Waals surface area contributed by atoms with Crippen molar-refractivity contribution in [2.45, 2.75) is 0 Å². The molecule has 0 N–H and O–H groups in total. The van der Waals surface area contributed by atoms with E-state index < -0.39 is 0 Å². The highest BCUT2D eigenvalue weighted by atomic mass is 16.3. The van der Waals surface area contributed by atoms with Crippen molar-refractivity contribution in [3.8, 4) is 33.6 Å². The number of benzene rings is 8. The number of aromatic nitrogens is 2. The molecule has 0 atom stereocenters. The molecule has 3 nitrogen and oxygen atoms in total. The summed E-state index contributed by atoms with van der Waals surface area (Å²) in [6.07, 6.45) is 0. The molecule has 0 radical (unpaired) electrons. The minimum Gasteiger partial charge on any atom is -0.455 e. The van der Waals surface area contributed by atoms with Gasteiger partial charge in [0.15, 0.2) is 0 Å². The van der Waals surface area contributed by atoms with Gasteiger partial charge in [-0.25, -0.2) is 0 Å². The van der Waals surface area contributed by atoms with Crippen LogP contribution in [0.4, 0.5) is 0 Å². The van der Waals surface area contributed by atoms with Crippen LogP contribution >= 0.6 is 0 Å². The van der Waals surface area contributed by atoms with Crippen molar-refractivity contribution in [1.29, 1.82) is 0 Å². The standard InChI is InChI=1S/C48H30N2O/c1-3-14-31(15-4-1)33-26-29-45-39(30-33)37-27-28-43-46(48(37)51-45)38-21-13-25-44(49-41-23-11-8-19-35(41)36-20-9-12-24-42(36)49)47(38)50(43)40-22-10-7-18-34(40)32-16-5-2-6-17-32/h1-30H. The van der Waals surface area contributed by atoms with Crippen LogP contribution < -0.4 is 0 Å². The summed E-state index contributed by atoms with van der Waals surface area (Å²) in [5.74, 6) is 0. The first kappa shape index (κ1) is 28.0. The molecule has 0 spiro atoms. The van der Waals surface area contributed by atoms with Crippen molar-refractivity contribution in [3.05, 3.63) is 182 Å². The van der Waals surface area contributed by atoms with Crippen molar-refractivity contribution in [3.63, 3.8) is 0 Å². The lowest BCUT2D eigenvalue weighted by atomic mass is 10.0. The first-order valence-corrected chi connectivity index (χ1v) is 17.4. The monoisotopic (exact) mass is 650 g/mol. The summed E-state index contributed by atoms with van der Waals surface area (Å²) in [6, 6.07) is 65.3. The summed E-state index contributed by atoms with van der Waals surface area (Å²) < 4.78 is 11.8. The minimum atomic E-state index is 0.890. The van der Waals surface area contributed by atoms with Gasteiger partial charge in [0.25, 0.3) is 0 Å². The van der Waals surface area contributed by atoms with Crippen LogP contribution in [0.3, 0.4) is 0 Å². The molecule has 3 heteroatoms. The first-order chi connectivity index (χ1) is 25.3. The molecule has 0 bridgehead atoms. The number of hydrogen-bond donors (Lipinski definition) is 0. The van der Waals surface area contributed by atoms with Gasteiger partial charge >= 0.3 is 0 Å². The average Bonchev–Trinajstić information content (AvgIpc) is 3.86. The van der Waals surface area contributed by atoms with Crippen molar-refractivity contribution in [2.24, 2.45) is 0 Å². The third kappa shape index (κ3) is 4.06. The van der Waals surface area contributed by atoms with E-state index in [1.807, 2.05) is 0 Å². The Kier molecular flexibility index (Phi) is 5.96. The van der Waals surface area contributed by atoms with Crippen LogP contribution in [0, 0.1) is 0 Å². The number of para-hydroxylation sites is 4. The third-order valence-corrected chi connectivity index (χ3v) is 10.5. The Morgan fingerprint density at radius 1 is 0.353 bits per heavy atom. The Labute approximate surface area is 293 Å². The molecule has 0 aliphatic rings. The fourth-order valence-electron chi connectivity index (χ4n) is 8.32. The summed E-state index contributed by atoms with van der Waals surface area (Å²) in [7, 11) is 0. The predicted molar refractivity (Wildman–Crippen MR) is 213 cm³/mol. The van der Waals surface area contributed by atoms with Crippen LogP contribution in [-0.4, -0.2) is 9.13 Å². The SMILES string of the molecule is c1ccc(-c2ccc3oc4c(ccc5c4c4cccc(-n6c7ccccc7c7ccccc76)c4n5-c4ccccc4-c4ccccc4)c3c2)cc1. The van der Waals surface area contributed by atoms with Crippen molar-refractivity contribution < 1.29 is 4.42 Å². The maximum Gasteiger partial charge on any atom is 0.145 e. The molecule has 0 aliphatic carbocycles. The Hall–Kier alpha value is -6.84. The second-order valence-electron chi connectivity index (χ2n) is 13.3. The molecule has 0 fully saturated rings. The van der Waals surface area contributed by atoms with Crippen LogP contribution in [0.25, 0.3) is 99.2 Å². The van der Waals surface area contributed by atoms with Crippen LogP contribution in [0.2, 0.25) is 0 Å². The molecule has 11 aromatic rings. The van der Waals surface area contributed by atoms with Gasteiger partial charge in [-0.1, -0.05) is 133 Å². The van der Waals surface area contributed by atoms with Gasteiger partial charge in [-0.2, -0.15) is 0 Å². The van der Waals surface area contributed by atoms with Gasteiger partial charge in [0.05, 0.1) is 38.8 Å². The number of hydrogen-bond acceptors (Lipinski definition) is 1. The minimum absolute atomic E-state index is 0.890. The largest absolute Gasteiger partial charge is 0.455 e. The number of furan rings is 1. The molecule has 11 rings (SSSR count). The van der Waals surface area contributed by atoms with E-state index in [0.29, 0.717) is 0 Å². The normalized spacial score (nSPS) is 11.9. The van der Waals surface area contributed by atoms with Gasteiger partial charge in [-0.15, -0.1) is 0 Å². The molecular formula is C48H30N2O. The molecule has 238 valence electrons. The van der Waals surface area contributed by atoms with Gasteiger partial charge in [0.2, 0.25) is 0 Å². The van der Waals surface area contributed by atoms with E-state index in [1.54, 1.807) is 0 Å². The Balaban J connectivity index is 1.31. The fraction of sp³-hybridized carbons (Fsp3) is 0. The van der Waals surface area contributed by atoms with Crippen LogP contribution in [0.1, 0.15) is 0 Å². The Morgan fingerprint density at radius 3 is 1.75 bits per heavy atom. The van der Waals surface area contributed by atoms with E-state index in [-0.39, 0.29) is 0 Å². The molecular weight excluding hydrogens is 621 g/mol. The van der Waals surface area contributed by atoms with Crippen molar-refractivity contribution in [1.82, 2.24) is 9.13 Å². The fourth-order valence-corrected chi connectivity index (χ4v) is 8.32. The van der Waals surface area contributed by atoms with E-state index in [2.05, 4.69) is 191 Å². The molecule has 0 saturated heterocycles. The summed E-state index contributed by atoms with van der Waals surface area (Å²) >= 11 is 0. The first-order valence-electron chi connectivity index (χ1n) is 17.4. The molecule has 0 saturated carbocycles. The maximum absolute atomic E-state index is 6.88. The van der Waals surface area contributed by atoms with E-state index in [9.17, 15) is 0 Å². The summed E-state index contributed by atoms with van der Waals surface area (Å²) in [5.41, 5.74) is 13.4. The highest BCUT2D eigenvalue weighted by Crippen LogP contribution is 2.45. The predicted octanol–water partition coefficient (Wildman–Crippen LogP) is 13.1. The quantitative estimate of drug-likeness (QED) is 0.186. The van der Waals surface area contributed by atoms with E-state index in [1.165, 1.54) is 44.1 Å². The lowest BCUT2D eigenvalue weighted by Gasteiger charge is -2.17. The molecule has 0 aliphatic heterocycles. The smallest absolute Gasteiger partial charge is 0.145 e. The maximum atomic E-state index is 6.88. The van der Waals surface area contributed by atoms with Gasteiger partial charge < -0.3 is 13.6 Å². The molecule has 0 unspecified atom stereocenters. The van der Waals surface area contributed by atoms with E-state index in [0.717, 1.165) is 55.1 Å². The number of rotatable bonds is 4. The summed E-state index contributed by atoms with van der Waals surface area (Å²) in [4.78, 5) is 0. The third-order valence-electron chi connectivity index (χ3n) is 10.5. The lowest BCUT2D eigenvalue weighted by Crippen LogP contribution is -2.02. The van der Waals surface area contributed by atoms with Crippen molar-refractivity contribution >= 4 is 65.6 Å². The Morgan fingerprint density at radius 2 is 0.980 bits per heavy atom. The topological polar surface area (TPSA) is 23.0 Å². The zero-order chi connectivity index (χ0) is 33.5. The highest BCUT2D eigenvalue weighted by Gasteiger charge is 2.24. The molecule has 3 heterocycles. The van der Waals surface area contributed by atoms with Crippen molar-refractivity contribution in [2.75, 3.05) is 0 Å². The lowest BCUT2D eigenvalue weighted by molar-refractivity contribution is 0.673. The summed E-state index contributed by atoms with van der Waals surface area (Å²) in [5, 5.41) is 6.99. The Bertz CT molecular complexity index is 3070.